The van der Waals surface area contributed by atoms with E-state index in [1.54, 1.807) is 24.5 Å². The quantitative estimate of drug-likeness (QED) is 0.316. The van der Waals surface area contributed by atoms with Crippen LogP contribution in [0.2, 0.25) is 4.34 Å². The summed E-state index contributed by atoms with van der Waals surface area (Å²) in [5.74, 6) is 0.420. The normalized spacial score (nSPS) is 11.5. The van der Waals surface area contributed by atoms with Crippen LogP contribution in [0.3, 0.4) is 0 Å². The van der Waals surface area contributed by atoms with Crippen molar-refractivity contribution in [1.29, 1.82) is 0 Å². The van der Waals surface area contributed by atoms with Gasteiger partial charge < -0.3 is 14.3 Å². The van der Waals surface area contributed by atoms with Crippen LogP contribution in [-0.4, -0.2) is 38.6 Å². The zero-order valence-corrected chi connectivity index (χ0v) is 22.0. The van der Waals surface area contributed by atoms with Gasteiger partial charge in [-0.05, 0) is 30.3 Å². The summed E-state index contributed by atoms with van der Waals surface area (Å²) in [6, 6.07) is 12.3. The van der Waals surface area contributed by atoms with Crippen LogP contribution in [0.5, 0.6) is 0 Å². The number of hydrogen-bond acceptors (Lipinski definition) is 7. The van der Waals surface area contributed by atoms with Crippen molar-refractivity contribution in [2.24, 2.45) is 5.41 Å². The van der Waals surface area contributed by atoms with Crippen LogP contribution in [0.1, 0.15) is 30.4 Å². The van der Waals surface area contributed by atoms with E-state index in [2.05, 4.69) is 4.98 Å². The van der Waals surface area contributed by atoms with Crippen LogP contribution >= 0.6 is 22.9 Å². The van der Waals surface area contributed by atoms with Gasteiger partial charge >= 0.3 is 0 Å². The fourth-order valence-electron chi connectivity index (χ4n) is 3.85. The Labute approximate surface area is 217 Å². The molecule has 0 saturated carbocycles. The molecule has 0 fully saturated rings. The van der Waals surface area contributed by atoms with Gasteiger partial charge in [-0.3, -0.25) is 14.6 Å². The lowest BCUT2D eigenvalue weighted by atomic mass is 9.96. The third-order valence-electron chi connectivity index (χ3n) is 5.59. The van der Waals surface area contributed by atoms with E-state index < -0.39 is 5.41 Å². The molecule has 0 atom stereocenters. The van der Waals surface area contributed by atoms with E-state index in [-0.39, 0.29) is 18.0 Å². The molecule has 186 valence electrons. The Hall–Kier alpha value is -3.56. The molecule has 0 aliphatic heterocycles. The van der Waals surface area contributed by atoms with Gasteiger partial charge in [0, 0.05) is 53.0 Å². The van der Waals surface area contributed by atoms with E-state index in [1.807, 2.05) is 57.0 Å². The molecule has 4 rings (SSSR count). The summed E-state index contributed by atoms with van der Waals surface area (Å²) in [5.41, 5.74) is 1.27. The summed E-state index contributed by atoms with van der Waals surface area (Å²) in [7, 11) is 1.89. The zero-order valence-electron chi connectivity index (χ0n) is 20.4. The van der Waals surface area contributed by atoms with E-state index in [9.17, 15) is 14.4 Å². The molecule has 0 saturated heterocycles. The van der Waals surface area contributed by atoms with Crippen LogP contribution in [-0.2, 0) is 17.9 Å². The number of nitrogens with zero attached hydrogens (tertiary/aromatic N) is 5. The van der Waals surface area contributed by atoms with Gasteiger partial charge in [-0.1, -0.05) is 32.4 Å². The fourth-order valence-corrected chi connectivity index (χ4v) is 4.99. The number of anilines is 1. The standard InChI is InChI=1S/C26H26ClN5O3S/c1-26(2,3)25(35)32-22(30(4)16-18-7-9-21(27)36-18)14-20(29-32)19-8-10-23(34)31(12-13-33)24(19)17-6-5-11-28-15-17/h5-11,13-15H,12,16H2,1-4H3. The monoisotopic (exact) mass is 523 g/mol. The molecule has 8 nitrogen and oxygen atoms in total. The van der Waals surface area contributed by atoms with Crippen LogP contribution in [0, 0.1) is 5.41 Å². The Morgan fingerprint density at radius 3 is 2.58 bits per heavy atom. The number of halogens is 1. The Bertz CT molecular complexity index is 1470. The second kappa shape index (κ2) is 10.2. The first-order valence-corrected chi connectivity index (χ1v) is 12.5. The van der Waals surface area contributed by atoms with Crippen molar-refractivity contribution in [2.75, 3.05) is 11.9 Å². The molecule has 0 radical (unpaired) electrons. The first-order chi connectivity index (χ1) is 17.1. The second-order valence-corrected chi connectivity index (χ2v) is 11.2. The van der Waals surface area contributed by atoms with Gasteiger partial charge in [-0.25, -0.2) is 0 Å². The number of rotatable bonds is 7. The van der Waals surface area contributed by atoms with Gasteiger partial charge in [0.1, 0.15) is 12.1 Å². The predicted octanol–water partition coefficient (Wildman–Crippen LogP) is 5.01. The molecule has 0 amide bonds. The smallest absolute Gasteiger partial charge is 0.254 e. The minimum absolute atomic E-state index is 0.121. The summed E-state index contributed by atoms with van der Waals surface area (Å²) in [6.45, 7) is 5.92. The Balaban J connectivity index is 1.91. The molecule has 36 heavy (non-hydrogen) atoms. The number of carbonyl (C=O) groups is 2. The average Bonchev–Trinajstić information content (AvgIpc) is 3.46. The van der Waals surface area contributed by atoms with Gasteiger partial charge in [0.2, 0.25) is 0 Å². The molecule has 4 aromatic rings. The van der Waals surface area contributed by atoms with Gasteiger partial charge in [0.05, 0.1) is 28.8 Å². The Kier molecular flexibility index (Phi) is 7.23. The molecule has 0 aliphatic rings. The van der Waals surface area contributed by atoms with E-state index in [0.29, 0.717) is 45.5 Å². The van der Waals surface area contributed by atoms with E-state index >= 15 is 0 Å². The van der Waals surface area contributed by atoms with Crippen LogP contribution in [0.15, 0.2) is 59.7 Å². The maximum absolute atomic E-state index is 13.4. The van der Waals surface area contributed by atoms with E-state index in [0.717, 1.165) is 4.88 Å². The van der Waals surface area contributed by atoms with Crippen molar-refractivity contribution in [3.8, 4) is 22.5 Å². The van der Waals surface area contributed by atoms with E-state index in [1.165, 1.54) is 26.7 Å². The molecule has 4 aromatic heterocycles. The topological polar surface area (TPSA) is 90.1 Å². The SMILES string of the molecule is CN(Cc1ccc(Cl)s1)c1cc(-c2ccc(=O)n(CC=O)c2-c2cccnc2)nn1C(=O)C(C)(C)C. The van der Waals surface area contributed by atoms with Gasteiger partial charge in [0.15, 0.2) is 0 Å². The summed E-state index contributed by atoms with van der Waals surface area (Å²) >= 11 is 7.59. The molecule has 0 aromatic carbocycles. The molecular formula is C26H26ClN5O3S. The summed E-state index contributed by atoms with van der Waals surface area (Å²) in [4.78, 5) is 44.7. The van der Waals surface area contributed by atoms with Crippen LogP contribution in [0.25, 0.3) is 22.5 Å². The lowest BCUT2D eigenvalue weighted by molar-refractivity contribution is -0.108. The Morgan fingerprint density at radius 2 is 1.97 bits per heavy atom. The zero-order chi connectivity index (χ0) is 26.0. The highest BCUT2D eigenvalue weighted by atomic mass is 35.5. The first kappa shape index (κ1) is 25.5. The predicted molar refractivity (Wildman–Crippen MR) is 143 cm³/mol. The number of carbonyl (C=O) groups excluding carboxylic acids is 2. The van der Waals surface area contributed by atoms with Crippen molar-refractivity contribution >= 4 is 40.9 Å². The number of aldehydes is 1. The molecule has 0 N–H and O–H groups in total. The minimum atomic E-state index is -0.687. The first-order valence-electron chi connectivity index (χ1n) is 11.3. The third-order valence-corrected chi connectivity index (χ3v) is 6.81. The van der Waals surface area contributed by atoms with Crippen molar-refractivity contribution in [2.45, 2.75) is 33.9 Å². The number of pyridine rings is 2. The molecule has 10 heteroatoms. The maximum Gasteiger partial charge on any atom is 0.254 e. The average molecular weight is 524 g/mol. The molecule has 0 aliphatic carbocycles. The highest BCUT2D eigenvalue weighted by molar-refractivity contribution is 7.16. The van der Waals surface area contributed by atoms with Gasteiger partial charge in [-0.15, -0.1) is 11.3 Å². The Morgan fingerprint density at radius 1 is 1.19 bits per heavy atom. The molecule has 0 spiro atoms. The molecule has 0 unspecified atom stereocenters. The molecule has 0 bridgehead atoms. The number of aromatic nitrogens is 4. The van der Waals surface area contributed by atoms with E-state index in [4.69, 9.17) is 16.7 Å². The lowest BCUT2D eigenvalue weighted by Gasteiger charge is -2.22. The highest BCUT2D eigenvalue weighted by Gasteiger charge is 2.29. The van der Waals surface area contributed by atoms with Gasteiger partial charge in [-0.2, -0.15) is 9.78 Å². The van der Waals surface area contributed by atoms with Crippen molar-refractivity contribution in [1.82, 2.24) is 19.3 Å². The highest BCUT2D eigenvalue weighted by Crippen LogP contribution is 2.34. The second-order valence-electron chi connectivity index (χ2n) is 9.37. The van der Waals surface area contributed by atoms with Crippen LogP contribution in [0.4, 0.5) is 5.82 Å². The minimum Gasteiger partial charge on any atom is -0.354 e. The summed E-state index contributed by atoms with van der Waals surface area (Å²) < 4.78 is 3.49. The van der Waals surface area contributed by atoms with Crippen molar-refractivity contribution < 1.29 is 9.59 Å². The largest absolute Gasteiger partial charge is 0.354 e. The van der Waals surface area contributed by atoms with Crippen molar-refractivity contribution in [3.05, 3.63) is 74.4 Å². The number of hydrogen-bond donors (Lipinski definition) is 0. The van der Waals surface area contributed by atoms with Crippen molar-refractivity contribution in [3.63, 3.8) is 0 Å². The fraction of sp³-hybridized carbons (Fsp3) is 0.269. The number of thiophene rings is 1. The van der Waals surface area contributed by atoms with Gasteiger partial charge in [0.25, 0.3) is 11.5 Å². The third kappa shape index (κ3) is 5.17. The maximum atomic E-state index is 13.4. The summed E-state index contributed by atoms with van der Waals surface area (Å²) in [6.07, 6.45) is 3.94. The van der Waals surface area contributed by atoms with Crippen LogP contribution < -0.4 is 10.5 Å². The lowest BCUT2D eigenvalue weighted by Crippen LogP contribution is -2.31. The molecule has 4 heterocycles. The summed E-state index contributed by atoms with van der Waals surface area (Å²) in [5, 5.41) is 4.71. The molecular weight excluding hydrogens is 498 g/mol.